The molecular formula is C22H26BrN3O2. The number of piperidine rings is 1. The van der Waals surface area contributed by atoms with Gasteiger partial charge in [0.25, 0.3) is 0 Å². The number of amides is 2. The second kappa shape index (κ2) is 9.85. The molecule has 1 fully saturated rings. The lowest BCUT2D eigenvalue weighted by Crippen LogP contribution is -2.48. The van der Waals surface area contributed by atoms with Crippen molar-refractivity contribution < 1.29 is 9.59 Å². The Hall–Kier alpha value is -2.18. The number of nitrogens with zero attached hydrogens (tertiary/aromatic N) is 1. The van der Waals surface area contributed by atoms with E-state index in [1.54, 1.807) is 0 Å². The van der Waals surface area contributed by atoms with Crippen molar-refractivity contribution in [2.45, 2.75) is 32.4 Å². The van der Waals surface area contributed by atoms with E-state index in [9.17, 15) is 9.59 Å². The normalized spacial score (nSPS) is 16.4. The molecule has 2 amide bonds. The lowest BCUT2D eigenvalue weighted by Gasteiger charge is -2.34. The summed E-state index contributed by atoms with van der Waals surface area (Å²) in [5.41, 5.74) is 1.88. The number of halogens is 1. The summed E-state index contributed by atoms with van der Waals surface area (Å²) in [6.45, 7) is 3.97. The van der Waals surface area contributed by atoms with Crippen molar-refractivity contribution in [2.75, 3.05) is 18.4 Å². The zero-order valence-electron chi connectivity index (χ0n) is 16.0. The number of carbonyl (C=O) groups excluding carboxylic acids is 2. The van der Waals surface area contributed by atoms with Gasteiger partial charge in [-0.3, -0.25) is 14.5 Å². The van der Waals surface area contributed by atoms with Crippen molar-refractivity contribution in [3.8, 4) is 0 Å². The first kappa shape index (κ1) is 20.6. The first-order valence-electron chi connectivity index (χ1n) is 9.65. The van der Waals surface area contributed by atoms with Gasteiger partial charge < -0.3 is 10.6 Å². The molecule has 3 rings (SSSR count). The first-order valence-corrected chi connectivity index (χ1v) is 10.4. The highest BCUT2D eigenvalue weighted by molar-refractivity contribution is 9.10. The highest BCUT2D eigenvalue weighted by atomic mass is 79.9. The van der Waals surface area contributed by atoms with Crippen LogP contribution >= 0.6 is 15.9 Å². The van der Waals surface area contributed by atoms with Gasteiger partial charge in [-0.1, -0.05) is 52.3 Å². The number of likely N-dealkylation sites (tertiary alicyclic amines) is 1. The van der Waals surface area contributed by atoms with Crippen LogP contribution in [0.5, 0.6) is 0 Å². The van der Waals surface area contributed by atoms with E-state index in [1.165, 1.54) is 0 Å². The highest BCUT2D eigenvalue weighted by Crippen LogP contribution is 2.21. The minimum Gasteiger partial charge on any atom is -0.352 e. The number of nitrogens with one attached hydrogen (secondary N) is 2. The van der Waals surface area contributed by atoms with E-state index in [1.807, 2.05) is 61.5 Å². The maximum absolute atomic E-state index is 12.6. The van der Waals surface area contributed by atoms with Crippen molar-refractivity contribution in [1.29, 1.82) is 0 Å². The summed E-state index contributed by atoms with van der Waals surface area (Å²) >= 11 is 3.41. The van der Waals surface area contributed by atoms with Gasteiger partial charge in [0.05, 0.1) is 6.04 Å². The average Bonchev–Trinajstić information content (AvgIpc) is 2.72. The molecule has 1 unspecified atom stereocenters. The molecule has 28 heavy (non-hydrogen) atoms. The molecule has 1 saturated heterocycles. The predicted molar refractivity (Wildman–Crippen MR) is 115 cm³/mol. The topological polar surface area (TPSA) is 61.4 Å². The van der Waals surface area contributed by atoms with Crippen LogP contribution in [0.2, 0.25) is 0 Å². The minimum atomic E-state index is -0.229. The van der Waals surface area contributed by atoms with Crippen molar-refractivity contribution in [1.82, 2.24) is 10.2 Å². The van der Waals surface area contributed by atoms with Gasteiger partial charge in [-0.25, -0.2) is 0 Å². The van der Waals surface area contributed by atoms with E-state index in [-0.39, 0.29) is 23.8 Å². The van der Waals surface area contributed by atoms with Gasteiger partial charge in [0.2, 0.25) is 11.8 Å². The summed E-state index contributed by atoms with van der Waals surface area (Å²) in [5.74, 6) is 0.0973. The van der Waals surface area contributed by atoms with E-state index in [4.69, 9.17) is 0 Å². The van der Waals surface area contributed by atoms with Gasteiger partial charge >= 0.3 is 0 Å². The predicted octanol–water partition coefficient (Wildman–Crippen LogP) is 3.80. The Morgan fingerprint density at radius 2 is 1.82 bits per heavy atom. The van der Waals surface area contributed by atoms with Crippen LogP contribution in [-0.2, 0) is 16.1 Å². The van der Waals surface area contributed by atoms with Crippen molar-refractivity contribution >= 4 is 33.4 Å². The van der Waals surface area contributed by atoms with Gasteiger partial charge in [-0.2, -0.15) is 0 Å². The van der Waals surface area contributed by atoms with E-state index in [0.29, 0.717) is 6.54 Å². The van der Waals surface area contributed by atoms with Crippen LogP contribution in [0.1, 0.15) is 25.3 Å². The van der Waals surface area contributed by atoms with Crippen LogP contribution < -0.4 is 10.6 Å². The maximum Gasteiger partial charge on any atom is 0.241 e. The smallest absolute Gasteiger partial charge is 0.241 e. The Morgan fingerprint density at radius 1 is 1.11 bits per heavy atom. The molecule has 1 heterocycles. The summed E-state index contributed by atoms with van der Waals surface area (Å²) < 4.78 is 0.931. The number of benzene rings is 2. The average molecular weight is 444 g/mol. The summed E-state index contributed by atoms with van der Waals surface area (Å²) in [6.07, 6.45) is 1.55. The fraction of sp³-hybridized carbons (Fsp3) is 0.364. The third-order valence-corrected chi connectivity index (χ3v) is 5.72. The maximum atomic E-state index is 12.6. The summed E-state index contributed by atoms with van der Waals surface area (Å²) in [4.78, 5) is 27.1. The number of carbonyl (C=O) groups is 2. The van der Waals surface area contributed by atoms with Crippen LogP contribution in [0.4, 0.5) is 5.69 Å². The Labute approximate surface area is 174 Å². The van der Waals surface area contributed by atoms with Crippen molar-refractivity contribution in [3.63, 3.8) is 0 Å². The third kappa shape index (κ3) is 5.66. The fourth-order valence-corrected chi connectivity index (χ4v) is 3.86. The molecule has 1 aliphatic heterocycles. The van der Waals surface area contributed by atoms with E-state index < -0.39 is 0 Å². The van der Waals surface area contributed by atoms with E-state index in [0.717, 1.165) is 41.7 Å². The Bertz CT molecular complexity index is 804. The zero-order chi connectivity index (χ0) is 19.9. The van der Waals surface area contributed by atoms with Gasteiger partial charge in [0.15, 0.2) is 0 Å². The number of anilines is 1. The summed E-state index contributed by atoms with van der Waals surface area (Å²) in [5, 5.41) is 5.99. The number of hydrogen-bond acceptors (Lipinski definition) is 3. The second-order valence-corrected chi connectivity index (χ2v) is 8.10. The standard InChI is InChI=1S/C22H26BrN3O2/c1-16(21(27)25-20-9-5-8-19(23)14-20)26-12-10-18(11-13-26)22(28)24-15-17-6-3-2-4-7-17/h2-9,14,16,18H,10-13,15H2,1H3,(H,24,28)(H,25,27). The molecule has 0 aromatic heterocycles. The largest absolute Gasteiger partial charge is 0.352 e. The third-order valence-electron chi connectivity index (χ3n) is 5.23. The minimum absolute atomic E-state index is 0.0142. The van der Waals surface area contributed by atoms with Crippen LogP contribution in [0, 0.1) is 5.92 Å². The molecule has 2 aromatic carbocycles. The molecule has 1 aliphatic rings. The molecule has 0 saturated carbocycles. The van der Waals surface area contributed by atoms with Crippen LogP contribution in [0.3, 0.4) is 0 Å². The first-order chi connectivity index (χ1) is 13.5. The van der Waals surface area contributed by atoms with Crippen LogP contribution in [-0.4, -0.2) is 35.8 Å². The van der Waals surface area contributed by atoms with Crippen molar-refractivity contribution in [2.24, 2.45) is 5.92 Å². The summed E-state index contributed by atoms with van der Waals surface area (Å²) in [6, 6.07) is 17.3. The van der Waals surface area contributed by atoms with E-state index >= 15 is 0 Å². The van der Waals surface area contributed by atoms with Gasteiger partial charge in [-0.15, -0.1) is 0 Å². The summed E-state index contributed by atoms with van der Waals surface area (Å²) in [7, 11) is 0. The Kier molecular flexibility index (Phi) is 7.23. The highest BCUT2D eigenvalue weighted by Gasteiger charge is 2.29. The zero-order valence-corrected chi connectivity index (χ0v) is 17.6. The molecule has 2 aromatic rings. The SMILES string of the molecule is CC(C(=O)Nc1cccc(Br)c1)N1CCC(C(=O)NCc2ccccc2)CC1. The van der Waals surface area contributed by atoms with Gasteiger partial charge in [-0.05, 0) is 56.6 Å². The molecule has 0 bridgehead atoms. The van der Waals surface area contributed by atoms with Crippen molar-refractivity contribution in [3.05, 3.63) is 64.6 Å². The van der Waals surface area contributed by atoms with Crippen LogP contribution in [0.25, 0.3) is 0 Å². The second-order valence-electron chi connectivity index (χ2n) is 7.19. The Morgan fingerprint density at radius 3 is 2.50 bits per heavy atom. The lowest BCUT2D eigenvalue weighted by atomic mass is 9.94. The van der Waals surface area contributed by atoms with Gasteiger partial charge in [0, 0.05) is 22.6 Å². The van der Waals surface area contributed by atoms with E-state index in [2.05, 4.69) is 31.5 Å². The van der Waals surface area contributed by atoms with Gasteiger partial charge in [0.1, 0.15) is 0 Å². The molecule has 6 heteroatoms. The Balaban J connectivity index is 1.44. The molecule has 0 aliphatic carbocycles. The molecule has 148 valence electrons. The molecule has 0 radical (unpaired) electrons. The fourth-order valence-electron chi connectivity index (χ4n) is 3.46. The number of rotatable bonds is 6. The molecule has 2 N–H and O–H groups in total. The van der Waals surface area contributed by atoms with Crippen LogP contribution in [0.15, 0.2) is 59.1 Å². The molecule has 1 atom stereocenters. The molecular weight excluding hydrogens is 418 g/mol. The molecule has 0 spiro atoms. The quantitative estimate of drug-likeness (QED) is 0.713. The molecule has 5 nitrogen and oxygen atoms in total. The monoisotopic (exact) mass is 443 g/mol. The lowest BCUT2D eigenvalue weighted by molar-refractivity contribution is -0.127. The number of hydrogen-bond donors (Lipinski definition) is 2.